The van der Waals surface area contributed by atoms with Crippen LogP contribution in [-0.2, 0) is 0 Å². The number of hydrogen-bond acceptors (Lipinski definition) is 0. The zero-order valence-electron chi connectivity index (χ0n) is 21.9. The minimum Gasteiger partial charge on any atom is -0.0616 e. The van der Waals surface area contributed by atoms with E-state index in [2.05, 4.69) is 146 Å². The highest BCUT2D eigenvalue weighted by Gasteiger charge is 2.12. The molecule has 0 atom stereocenters. The summed E-state index contributed by atoms with van der Waals surface area (Å²) in [6.45, 7) is 0. The Bertz CT molecular complexity index is 2410. The fourth-order valence-electron chi connectivity index (χ4n) is 6.77. The second kappa shape index (κ2) is 8.15. The molecule has 0 aromatic heterocycles. The van der Waals surface area contributed by atoms with Crippen LogP contribution in [0.5, 0.6) is 0 Å². The second-order valence-electron chi connectivity index (χ2n) is 11.0. The van der Waals surface area contributed by atoms with Gasteiger partial charge in [-0.25, -0.2) is 0 Å². The van der Waals surface area contributed by atoms with Gasteiger partial charge in [0.25, 0.3) is 0 Å². The molecule has 0 unspecified atom stereocenters. The standard InChI is InChI=1S/C40H24/c1-2-7-35-26(4-1)10-15-32-22-31(18-20-36(32)35)30-13-8-25-9-14-33(24-34(25)23-30)37-19-16-29-12-11-27-5-3-6-28-17-21-38(37)40(29)39(27)28/h1-24H. The first kappa shape index (κ1) is 21.7. The van der Waals surface area contributed by atoms with Crippen LogP contribution in [0.25, 0.3) is 86.9 Å². The first-order valence-electron chi connectivity index (χ1n) is 13.9. The van der Waals surface area contributed by atoms with E-state index in [0.717, 1.165) is 0 Å². The predicted octanol–water partition coefficient (Wildman–Crippen LogP) is 11.4. The van der Waals surface area contributed by atoms with E-state index in [1.165, 1.54) is 86.9 Å². The van der Waals surface area contributed by atoms with E-state index in [9.17, 15) is 0 Å². The topological polar surface area (TPSA) is 0 Å². The van der Waals surface area contributed by atoms with Crippen molar-refractivity contribution in [1.82, 2.24) is 0 Å². The van der Waals surface area contributed by atoms with E-state index in [-0.39, 0.29) is 0 Å². The average Bonchev–Trinajstić information content (AvgIpc) is 3.02. The van der Waals surface area contributed by atoms with Crippen LogP contribution in [0.1, 0.15) is 0 Å². The molecule has 9 aromatic rings. The molecule has 0 nitrogen and oxygen atoms in total. The van der Waals surface area contributed by atoms with Crippen molar-refractivity contribution in [2.75, 3.05) is 0 Å². The Morgan fingerprint density at radius 1 is 0.250 bits per heavy atom. The Labute approximate surface area is 232 Å². The second-order valence-corrected chi connectivity index (χ2v) is 11.0. The lowest BCUT2D eigenvalue weighted by Crippen LogP contribution is -1.87. The van der Waals surface area contributed by atoms with Crippen molar-refractivity contribution in [2.45, 2.75) is 0 Å². The first-order chi connectivity index (χ1) is 19.8. The van der Waals surface area contributed by atoms with E-state index in [0.29, 0.717) is 0 Å². The minimum absolute atomic E-state index is 1.25. The van der Waals surface area contributed by atoms with Crippen LogP contribution in [0.2, 0.25) is 0 Å². The normalized spacial score (nSPS) is 12.0. The summed E-state index contributed by atoms with van der Waals surface area (Å²) in [6, 6.07) is 54.0. The van der Waals surface area contributed by atoms with Gasteiger partial charge in [0, 0.05) is 0 Å². The van der Waals surface area contributed by atoms with Crippen LogP contribution in [0.4, 0.5) is 0 Å². The third-order valence-electron chi connectivity index (χ3n) is 8.76. The molecule has 0 saturated carbocycles. The van der Waals surface area contributed by atoms with Crippen molar-refractivity contribution in [3.8, 4) is 22.3 Å². The largest absolute Gasteiger partial charge is 0.0616 e. The van der Waals surface area contributed by atoms with Gasteiger partial charge >= 0.3 is 0 Å². The van der Waals surface area contributed by atoms with Crippen LogP contribution in [0, 0.1) is 0 Å². The number of hydrogen-bond donors (Lipinski definition) is 0. The summed E-state index contributed by atoms with van der Waals surface area (Å²) in [5, 5.41) is 15.7. The number of rotatable bonds is 2. The SMILES string of the molecule is c1ccc2c(c1)ccc1cc(-c3ccc4ccc(-c5ccc6ccc7cccc8ccc5c6c78)cc4c3)ccc12. The lowest BCUT2D eigenvalue weighted by Gasteiger charge is -2.14. The molecule has 0 aliphatic carbocycles. The van der Waals surface area contributed by atoms with Crippen molar-refractivity contribution in [3.05, 3.63) is 146 Å². The Morgan fingerprint density at radius 2 is 0.775 bits per heavy atom. The lowest BCUT2D eigenvalue weighted by molar-refractivity contribution is 1.67. The summed E-state index contributed by atoms with van der Waals surface area (Å²) < 4.78 is 0. The first-order valence-corrected chi connectivity index (χ1v) is 13.9. The molecule has 0 heteroatoms. The summed E-state index contributed by atoms with van der Waals surface area (Å²) in [5.41, 5.74) is 5.04. The molecule has 9 aromatic carbocycles. The van der Waals surface area contributed by atoms with E-state index in [1.807, 2.05) is 0 Å². The fraction of sp³-hybridized carbons (Fsp3) is 0. The highest BCUT2D eigenvalue weighted by Crippen LogP contribution is 2.40. The van der Waals surface area contributed by atoms with Crippen LogP contribution >= 0.6 is 0 Å². The van der Waals surface area contributed by atoms with Gasteiger partial charge in [-0.15, -0.1) is 0 Å². The summed E-state index contributed by atoms with van der Waals surface area (Å²) in [4.78, 5) is 0. The highest BCUT2D eigenvalue weighted by atomic mass is 14.2. The van der Waals surface area contributed by atoms with E-state index >= 15 is 0 Å². The van der Waals surface area contributed by atoms with Crippen LogP contribution in [0.15, 0.2) is 146 Å². The molecule has 0 amide bonds. The molecule has 0 heterocycles. The molecular weight excluding hydrogens is 480 g/mol. The van der Waals surface area contributed by atoms with Gasteiger partial charge in [-0.3, -0.25) is 0 Å². The Balaban J connectivity index is 1.20. The van der Waals surface area contributed by atoms with Gasteiger partial charge in [0.2, 0.25) is 0 Å². The molecule has 0 N–H and O–H groups in total. The van der Waals surface area contributed by atoms with Gasteiger partial charge in [0.05, 0.1) is 0 Å². The monoisotopic (exact) mass is 504 g/mol. The maximum absolute atomic E-state index is 2.36. The molecule has 0 radical (unpaired) electrons. The Morgan fingerprint density at radius 3 is 1.65 bits per heavy atom. The maximum atomic E-state index is 2.36. The third-order valence-corrected chi connectivity index (χ3v) is 8.76. The van der Waals surface area contributed by atoms with Crippen LogP contribution < -0.4 is 0 Å². The summed E-state index contributed by atoms with van der Waals surface area (Å²) >= 11 is 0. The van der Waals surface area contributed by atoms with Gasteiger partial charge in [-0.1, -0.05) is 127 Å². The van der Waals surface area contributed by atoms with Gasteiger partial charge in [0.15, 0.2) is 0 Å². The fourth-order valence-corrected chi connectivity index (χ4v) is 6.77. The van der Waals surface area contributed by atoms with Gasteiger partial charge < -0.3 is 0 Å². The zero-order chi connectivity index (χ0) is 26.2. The summed E-state index contributed by atoms with van der Waals surface area (Å²) in [6.07, 6.45) is 0. The highest BCUT2D eigenvalue weighted by molar-refractivity contribution is 6.25. The Hall–Kier alpha value is -5.20. The number of fused-ring (bicyclic) bond motifs is 4. The van der Waals surface area contributed by atoms with Gasteiger partial charge in [-0.05, 0) is 105 Å². The predicted molar refractivity (Wildman–Crippen MR) is 174 cm³/mol. The molecule has 0 spiro atoms. The molecule has 9 rings (SSSR count). The molecule has 0 fully saturated rings. The van der Waals surface area contributed by atoms with Crippen molar-refractivity contribution in [3.63, 3.8) is 0 Å². The number of benzene rings is 9. The van der Waals surface area contributed by atoms with E-state index < -0.39 is 0 Å². The van der Waals surface area contributed by atoms with Crippen molar-refractivity contribution in [2.24, 2.45) is 0 Å². The quantitative estimate of drug-likeness (QED) is 0.205. The van der Waals surface area contributed by atoms with Crippen LogP contribution in [-0.4, -0.2) is 0 Å². The third kappa shape index (κ3) is 3.14. The maximum Gasteiger partial charge on any atom is -0.00206 e. The van der Waals surface area contributed by atoms with Gasteiger partial charge in [-0.2, -0.15) is 0 Å². The zero-order valence-corrected chi connectivity index (χ0v) is 21.9. The van der Waals surface area contributed by atoms with Crippen molar-refractivity contribution < 1.29 is 0 Å². The van der Waals surface area contributed by atoms with E-state index in [1.54, 1.807) is 0 Å². The molecule has 40 heavy (non-hydrogen) atoms. The van der Waals surface area contributed by atoms with Crippen molar-refractivity contribution >= 4 is 64.6 Å². The molecule has 184 valence electrons. The molecule has 0 bridgehead atoms. The van der Waals surface area contributed by atoms with E-state index in [4.69, 9.17) is 0 Å². The summed E-state index contributed by atoms with van der Waals surface area (Å²) in [5.74, 6) is 0. The Kier molecular flexibility index (Phi) is 4.42. The van der Waals surface area contributed by atoms with Crippen molar-refractivity contribution in [1.29, 1.82) is 0 Å². The van der Waals surface area contributed by atoms with Gasteiger partial charge in [0.1, 0.15) is 0 Å². The molecule has 0 saturated heterocycles. The van der Waals surface area contributed by atoms with Crippen LogP contribution in [0.3, 0.4) is 0 Å². The lowest BCUT2D eigenvalue weighted by atomic mass is 9.89. The summed E-state index contributed by atoms with van der Waals surface area (Å²) in [7, 11) is 0. The minimum atomic E-state index is 1.25. The molecule has 0 aliphatic rings. The molecular formula is C40H24. The molecule has 0 aliphatic heterocycles. The average molecular weight is 505 g/mol. The smallest absolute Gasteiger partial charge is 0.00206 e.